The molecule has 7 nitrogen and oxygen atoms in total. The monoisotopic (exact) mass is 445 g/mol. The van der Waals surface area contributed by atoms with E-state index in [9.17, 15) is 19.2 Å². The second-order valence-corrected chi connectivity index (χ2v) is 6.74. The molecule has 0 aliphatic heterocycles. The summed E-state index contributed by atoms with van der Waals surface area (Å²) in [6.07, 6.45) is 1.38. The van der Waals surface area contributed by atoms with E-state index in [0.717, 1.165) is 0 Å². The van der Waals surface area contributed by atoms with Crippen molar-refractivity contribution in [3.05, 3.63) is 89.8 Å². The van der Waals surface area contributed by atoms with E-state index in [4.69, 9.17) is 9.47 Å². The van der Waals surface area contributed by atoms with Crippen LogP contribution in [0.3, 0.4) is 0 Å². The van der Waals surface area contributed by atoms with Crippen LogP contribution in [0.25, 0.3) is 6.08 Å². The standard InChI is InChI=1S/C25H20FN3O4/c1-32-23-14-17(13-18(15-27)25(31)29-21-10-8-19(26)9-11-21)7-12-22(23)33-16-24(30)28-20-5-3-2-4-6-20/h2-14H,16H2,1H3,(H,28,30)(H,29,31)/b18-13+. The lowest BCUT2D eigenvalue weighted by Gasteiger charge is -2.12. The largest absolute Gasteiger partial charge is 0.493 e. The van der Waals surface area contributed by atoms with Gasteiger partial charge in [0.15, 0.2) is 18.1 Å². The minimum Gasteiger partial charge on any atom is -0.493 e. The van der Waals surface area contributed by atoms with Crippen molar-refractivity contribution in [3.8, 4) is 17.6 Å². The molecule has 0 saturated heterocycles. The van der Waals surface area contributed by atoms with Crippen LogP contribution < -0.4 is 20.1 Å². The van der Waals surface area contributed by atoms with E-state index in [1.807, 2.05) is 12.1 Å². The first-order chi connectivity index (χ1) is 16.0. The molecule has 0 saturated carbocycles. The van der Waals surface area contributed by atoms with Gasteiger partial charge in [0.25, 0.3) is 11.8 Å². The summed E-state index contributed by atoms with van der Waals surface area (Å²) >= 11 is 0. The number of methoxy groups -OCH3 is 1. The number of nitriles is 1. The van der Waals surface area contributed by atoms with Crippen molar-refractivity contribution < 1.29 is 23.5 Å². The minimum absolute atomic E-state index is 0.155. The van der Waals surface area contributed by atoms with Gasteiger partial charge in [-0.05, 0) is 60.2 Å². The van der Waals surface area contributed by atoms with Crippen LogP contribution >= 0.6 is 0 Å². The molecule has 3 aromatic carbocycles. The highest BCUT2D eigenvalue weighted by Crippen LogP contribution is 2.29. The SMILES string of the molecule is COc1cc(/C=C(\C#N)C(=O)Nc2ccc(F)cc2)ccc1OCC(=O)Nc1ccccc1. The maximum absolute atomic E-state index is 13.0. The molecule has 0 spiro atoms. The van der Waals surface area contributed by atoms with Crippen molar-refractivity contribution >= 4 is 29.3 Å². The number of ether oxygens (including phenoxy) is 2. The molecule has 0 aromatic heterocycles. The van der Waals surface area contributed by atoms with Crippen LogP contribution in [-0.2, 0) is 9.59 Å². The second kappa shape index (κ2) is 11.1. The lowest BCUT2D eigenvalue weighted by atomic mass is 10.1. The Kier molecular flexibility index (Phi) is 7.76. The number of halogens is 1. The van der Waals surface area contributed by atoms with Crippen LogP contribution in [0.2, 0.25) is 0 Å². The minimum atomic E-state index is -0.638. The first-order valence-electron chi connectivity index (χ1n) is 9.83. The maximum Gasteiger partial charge on any atom is 0.266 e. The summed E-state index contributed by atoms with van der Waals surface area (Å²) in [7, 11) is 1.44. The van der Waals surface area contributed by atoms with Gasteiger partial charge in [-0.2, -0.15) is 5.26 Å². The van der Waals surface area contributed by atoms with Gasteiger partial charge >= 0.3 is 0 Å². The quantitative estimate of drug-likeness (QED) is 0.395. The predicted octanol–water partition coefficient (Wildman–Crippen LogP) is 4.40. The molecule has 0 aliphatic carbocycles. The van der Waals surface area contributed by atoms with Gasteiger partial charge in [0.1, 0.15) is 17.5 Å². The van der Waals surface area contributed by atoms with Gasteiger partial charge in [-0.1, -0.05) is 24.3 Å². The summed E-state index contributed by atoms with van der Waals surface area (Å²) in [4.78, 5) is 24.5. The molecule has 2 N–H and O–H groups in total. The zero-order valence-corrected chi connectivity index (χ0v) is 17.7. The third-order valence-corrected chi connectivity index (χ3v) is 4.38. The van der Waals surface area contributed by atoms with Gasteiger partial charge in [-0.3, -0.25) is 9.59 Å². The first kappa shape index (κ1) is 23.0. The van der Waals surface area contributed by atoms with Gasteiger partial charge in [-0.15, -0.1) is 0 Å². The van der Waals surface area contributed by atoms with Crippen molar-refractivity contribution in [2.45, 2.75) is 0 Å². The number of amides is 2. The van der Waals surface area contributed by atoms with Crippen LogP contribution in [0.15, 0.2) is 78.4 Å². The number of anilines is 2. The zero-order valence-electron chi connectivity index (χ0n) is 17.7. The van der Waals surface area contributed by atoms with Crippen LogP contribution in [0.5, 0.6) is 11.5 Å². The Bertz CT molecular complexity index is 1200. The van der Waals surface area contributed by atoms with E-state index in [-0.39, 0.29) is 18.1 Å². The number of carbonyl (C=O) groups excluding carboxylic acids is 2. The van der Waals surface area contributed by atoms with Crippen molar-refractivity contribution in [2.75, 3.05) is 24.4 Å². The molecule has 0 heterocycles. The summed E-state index contributed by atoms with van der Waals surface area (Å²) in [6.45, 7) is -0.232. The highest BCUT2D eigenvalue weighted by Gasteiger charge is 2.12. The normalized spacial score (nSPS) is 10.6. The Morgan fingerprint density at radius 3 is 2.33 bits per heavy atom. The Morgan fingerprint density at radius 2 is 1.67 bits per heavy atom. The Labute approximate surface area is 190 Å². The number of para-hydroxylation sites is 1. The Balaban J connectivity index is 1.67. The number of hydrogen-bond donors (Lipinski definition) is 2. The highest BCUT2D eigenvalue weighted by molar-refractivity contribution is 6.09. The topological polar surface area (TPSA) is 100 Å². The van der Waals surface area contributed by atoms with Gasteiger partial charge in [0.05, 0.1) is 7.11 Å². The maximum atomic E-state index is 13.0. The molecule has 3 aromatic rings. The van der Waals surface area contributed by atoms with E-state index >= 15 is 0 Å². The number of benzene rings is 3. The van der Waals surface area contributed by atoms with Gasteiger partial charge in [-0.25, -0.2) is 4.39 Å². The average Bonchev–Trinajstić information content (AvgIpc) is 2.83. The molecule has 8 heteroatoms. The molecular weight excluding hydrogens is 425 g/mol. The van der Waals surface area contributed by atoms with Crippen LogP contribution in [0, 0.1) is 17.1 Å². The molecule has 3 rings (SSSR count). The van der Waals surface area contributed by atoms with Gasteiger partial charge in [0, 0.05) is 11.4 Å². The highest BCUT2D eigenvalue weighted by atomic mass is 19.1. The third-order valence-electron chi connectivity index (χ3n) is 4.38. The fraction of sp³-hybridized carbons (Fsp3) is 0.0800. The van der Waals surface area contributed by atoms with E-state index in [1.54, 1.807) is 42.5 Å². The predicted molar refractivity (Wildman–Crippen MR) is 122 cm³/mol. The van der Waals surface area contributed by atoms with E-state index in [0.29, 0.717) is 28.4 Å². The number of rotatable bonds is 8. The molecule has 0 radical (unpaired) electrons. The Morgan fingerprint density at radius 1 is 0.970 bits per heavy atom. The zero-order chi connectivity index (χ0) is 23.6. The van der Waals surface area contributed by atoms with Crippen molar-refractivity contribution in [1.82, 2.24) is 0 Å². The van der Waals surface area contributed by atoms with Crippen molar-refractivity contribution in [3.63, 3.8) is 0 Å². The molecule has 0 atom stereocenters. The Hall–Kier alpha value is -4.64. The van der Waals surface area contributed by atoms with Crippen LogP contribution in [-0.4, -0.2) is 25.5 Å². The summed E-state index contributed by atoms with van der Waals surface area (Å²) in [6, 6.07) is 20.8. The molecule has 0 aliphatic rings. The second-order valence-electron chi connectivity index (χ2n) is 6.74. The number of hydrogen-bond acceptors (Lipinski definition) is 5. The number of nitrogens with one attached hydrogen (secondary N) is 2. The van der Waals surface area contributed by atoms with E-state index in [2.05, 4.69) is 10.6 Å². The summed E-state index contributed by atoms with van der Waals surface area (Å²) in [5, 5.41) is 14.6. The van der Waals surface area contributed by atoms with Crippen molar-refractivity contribution in [1.29, 1.82) is 5.26 Å². The molecule has 2 amide bonds. The average molecular weight is 445 g/mol. The molecule has 166 valence electrons. The van der Waals surface area contributed by atoms with Crippen LogP contribution in [0.1, 0.15) is 5.56 Å². The number of nitrogens with zero attached hydrogens (tertiary/aromatic N) is 1. The van der Waals surface area contributed by atoms with E-state index in [1.165, 1.54) is 37.5 Å². The van der Waals surface area contributed by atoms with Crippen molar-refractivity contribution in [2.24, 2.45) is 0 Å². The summed E-state index contributed by atoms with van der Waals surface area (Å²) in [5.74, 6) is -0.756. The van der Waals surface area contributed by atoms with Crippen LogP contribution in [0.4, 0.5) is 15.8 Å². The van der Waals surface area contributed by atoms with Gasteiger partial charge < -0.3 is 20.1 Å². The lowest BCUT2D eigenvalue weighted by molar-refractivity contribution is -0.118. The summed E-state index contributed by atoms with van der Waals surface area (Å²) in [5.41, 5.74) is 1.37. The summed E-state index contributed by atoms with van der Waals surface area (Å²) < 4.78 is 23.9. The molecule has 0 unspecified atom stereocenters. The first-order valence-corrected chi connectivity index (χ1v) is 9.83. The molecule has 33 heavy (non-hydrogen) atoms. The lowest BCUT2D eigenvalue weighted by Crippen LogP contribution is -2.20. The smallest absolute Gasteiger partial charge is 0.266 e. The molecule has 0 fully saturated rings. The molecular formula is C25H20FN3O4. The third kappa shape index (κ3) is 6.67. The van der Waals surface area contributed by atoms with E-state index < -0.39 is 11.7 Å². The fourth-order valence-corrected chi connectivity index (χ4v) is 2.80. The molecule has 0 bridgehead atoms. The fourth-order valence-electron chi connectivity index (χ4n) is 2.80. The number of carbonyl (C=O) groups is 2. The van der Waals surface area contributed by atoms with Gasteiger partial charge in [0.2, 0.25) is 0 Å².